The zero-order valence-corrected chi connectivity index (χ0v) is 10.7. The lowest BCUT2D eigenvalue weighted by molar-refractivity contribution is -0.136. The lowest BCUT2D eigenvalue weighted by Gasteiger charge is -2.40. The minimum atomic E-state index is 0.361. The quantitative estimate of drug-likeness (QED) is 0.790. The Balaban J connectivity index is 1.99. The van der Waals surface area contributed by atoms with Crippen molar-refractivity contribution in [2.24, 2.45) is 11.8 Å². The van der Waals surface area contributed by atoms with Crippen LogP contribution in [0, 0.1) is 11.8 Å². The van der Waals surface area contributed by atoms with Gasteiger partial charge < -0.3 is 10.2 Å². The molecule has 1 N–H and O–H groups in total. The fourth-order valence-electron chi connectivity index (χ4n) is 2.55. The highest BCUT2D eigenvalue weighted by atomic mass is 16.2. The minimum Gasteiger partial charge on any atom is -0.337 e. The highest BCUT2D eigenvalue weighted by molar-refractivity contribution is 5.81. The predicted octanol–water partition coefficient (Wildman–Crippen LogP) is 1.63. The molecule has 2 aliphatic rings. The molecule has 3 heteroatoms. The molecule has 0 bridgehead atoms. The lowest BCUT2D eigenvalue weighted by Crippen LogP contribution is -2.58. The molecule has 0 aromatic carbocycles. The zero-order chi connectivity index (χ0) is 11.7. The van der Waals surface area contributed by atoms with Crippen LogP contribution in [0.1, 0.15) is 40.0 Å². The van der Waals surface area contributed by atoms with Crippen LogP contribution in [0.3, 0.4) is 0 Å². The van der Waals surface area contributed by atoms with Gasteiger partial charge in [-0.25, -0.2) is 0 Å². The molecule has 1 saturated heterocycles. The second-order valence-electron chi connectivity index (χ2n) is 5.86. The summed E-state index contributed by atoms with van der Waals surface area (Å²) in [5.41, 5.74) is 0. The summed E-state index contributed by atoms with van der Waals surface area (Å²) in [6.07, 6.45) is 3.36. The average Bonchev–Trinajstić information content (AvgIpc) is 3.02. The fraction of sp³-hybridized carbons (Fsp3) is 0.923. The Bertz CT molecular complexity index is 261. The Labute approximate surface area is 98.6 Å². The highest BCUT2D eigenvalue weighted by Gasteiger charge is 2.38. The number of hydrogen-bond donors (Lipinski definition) is 1. The van der Waals surface area contributed by atoms with Crippen LogP contribution in [-0.2, 0) is 4.79 Å². The van der Waals surface area contributed by atoms with E-state index in [1.165, 1.54) is 0 Å². The number of piperazine rings is 1. The van der Waals surface area contributed by atoms with E-state index in [0.29, 0.717) is 29.8 Å². The number of carbonyl (C=O) groups is 1. The molecule has 1 aliphatic carbocycles. The molecule has 1 saturated carbocycles. The van der Waals surface area contributed by atoms with Gasteiger partial charge in [0.1, 0.15) is 0 Å². The third kappa shape index (κ3) is 2.76. The molecule has 2 unspecified atom stereocenters. The molecule has 0 aromatic rings. The third-order valence-electron chi connectivity index (χ3n) is 3.57. The molecule has 1 aliphatic heterocycles. The first kappa shape index (κ1) is 11.9. The van der Waals surface area contributed by atoms with E-state index in [9.17, 15) is 4.79 Å². The van der Waals surface area contributed by atoms with E-state index in [1.54, 1.807) is 0 Å². The molecule has 1 amide bonds. The van der Waals surface area contributed by atoms with Crippen LogP contribution in [-0.4, -0.2) is 36.0 Å². The van der Waals surface area contributed by atoms with Gasteiger partial charge in [-0.15, -0.1) is 0 Å². The molecule has 2 fully saturated rings. The Morgan fingerprint density at radius 1 is 1.44 bits per heavy atom. The molecule has 92 valence electrons. The smallest absolute Gasteiger partial charge is 0.226 e. The first-order valence-corrected chi connectivity index (χ1v) is 6.61. The third-order valence-corrected chi connectivity index (χ3v) is 3.57. The van der Waals surface area contributed by atoms with Gasteiger partial charge in [0.2, 0.25) is 5.91 Å². The maximum absolute atomic E-state index is 12.2. The van der Waals surface area contributed by atoms with Crippen molar-refractivity contribution in [3.05, 3.63) is 0 Å². The van der Waals surface area contributed by atoms with E-state index in [4.69, 9.17) is 0 Å². The van der Waals surface area contributed by atoms with Crippen LogP contribution in [0.15, 0.2) is 0 Å². The number of amides is 1. The van der Waals surface area contributed by atoms with Gasteiger partial charge >= 0.3 is 0 Å². The monoisotopic (exact) mass is 224 g/mol. The molecule has 0 radical (unpaired) electrons. The molecule has 16 heavy (non-hydrogen) atoms. The number of nitrogens with zero attached hydrogens (tertiary/aromatic N) is 1. The van der Waals surface area contributed by atoms with E-state index in [2.05, 4.69) is 31.0 Å². The molecule has 3 nitrogen and oxygen atoms in total. The van der Waals surface area contributed by atoms with Crippen molar-refractivity contribution in [2.75, 3.05) is 13.1 Å². The van der Waals surface area contributed by atoms with Gasteiger partial charge in [0.05, 0.1) is 0 Å². The molecule has 1 heterocycles. The van der Waals surface area contributed by atoms with E-state index in [0.717, 1.165) is 32.4 Å². The van der Waals surface area contributed by atoms with Gasteiger partial charge in [-0.3, -0.25) is 4.79 Å². The average molecular weight is 224 g/mol. The van der Waals surface area contributed by atoms with Crippen molar-refractivity contribution in [3.8, 4) is 0 Å². The molecular formula is C13H24N2O. The van der Waals surface area contributed by atoms with Gasteiger partial charge in [-0.05, 0) is 32.1 Å². The topological polar surface area (TPSA) is 32.3 Å². The summed E-state index contributed by atoms with van der Waals surface area (Å²) >= 11 is 0. The summed E-state index contributed by atoms with van der Waals surface area (Å²) in [4.78, 5) is 14.3. The van der Waals surface area contributed by atoms with Gasteiger partial charge in [-0.1, -0.05) is 13.8 Å². The van der Waals surface area contributed by atoms with Crippen molar-refractivity contribution in [2.45, 2.75) is 52.1 Å². The predicted molar refractivity (Wildman–Crippen MR) is 65.1 cm³/mol. The maximum Gasteiger partial charge on any atom is 0.226 e. The summed E-state index contributed by atoms with van der Waals surface area (Å²) in [5, 5.41) is 3.49. The van der Waals surface area contributed by atoms with Crippen LogP contribution in [0.5, 0.6) is 0 Å². The largest absolute Gasteiger partial charge is 0.337 e. The van der Waals surface area contributed by atoms with Crippen LogP contribution < -0.4 is 5.32 Å². The van der Waals surface area contributed by atoms with Crippen molar-refractivity contribution < 1.29 is 4.79 Å². The number of hydrogen-bond acceptors (Lipinski definition) is 2. The van der Waals surface area contributed by atoms with Crippen LogP contribution in [0.2, 0.25) is 0 Å². The normalized spacial score (nSPS) is 30.9. The van der Waals surface area contributed by atoms with Crippen molar-refractivity contribution in [1.29, 1.82) is 0 Å². The van der Waals surface area contributed by atoms with Crippen molar-refractivity contribution in [1.82, 2.24) is 10.2 Å². The second-order valence-corrected chi connectivity index (χ2v) is 5.86. The SMILES string of the molecule is CC(C)CC1CNC(C)CN1C(=O)C1CC1. The maximum atomic E-state index is 12.2. The summed E-state index contributed by atoms with van der Waals surface area (Å²) in [6, 6.07) is 0.871. The lowest BCUT2D eigenvalue weighted by atomic mass is 9.99. The van der Waals surface area contributed by atoms with Gasteiger partial charge in [-0.2, -0.15) is 0 Å². The Morgan fingerprint density at radius 3 is 2.69 bits per heavy atom. The molecule has 2 atom stereocenters. The minimum absolute atomic E-state index is 0.361. The van der Waals surface area contributed by atoms with E-state index < -0.39 is 0 Å². The Morgan fingerprint density at radius 2 is 2.12 bits per heavy atom. The highest BCUT2D eigenvalue weighted by Crippen LogP contribution is 2.32. The summed E-state index contributed by atoms with van der Waals surface area (Å²) < 4.78 is 0. The molecule has 2 rings (SSSR count). The zero-order valence-electron chi connectivity index (χ0n) is 10.7. The number of carbonyl (C=O) groups excluding carboxylic acids is 1. The summed E-state index contributed by atoms with van der Waals surface area (Å²) in [6.45, 7) is 8.50. The first-order chi connectivity index (χ1) is 7.58. The Kier molecular flexibility index (Phi) is 3.53. The molecular weight excluding hydrogens is 200 g/mol. The van der Waals surface area contributed by atoms with Gasteiger partial charge in [0, 0.05) is 31.1 Å². The van der Waals surface area contributed by atoms with Crippen molar-refractivity contribution >= 4 is 5.91 Å². The summed E-state index contributed by atoms with van der Waals surface area (Å²) in [5.74, 6) is 1.44. The van der Waals surface area contributed by atoms with Crippen molar-refractivity contribution in [3.63, 3.8) is 0 Å². The summed E-state index contributed by atoms with van der Waals surface area (Å²) in [7, 11) is 0. The van der Waals surface area contributed by atoms with Gasteiger partial charge in [0.25, 0.3) is 0 Å². The number of rotatable bonds is 3. The standard InChI is InChI=1S/C13H24N2O/c1-9(2)6-12-7-14-10(3)8-15(12)13(16)11-4-5-11/h9-12,14H,4-8H2,1-3H3. The van der Waals surface area contributed by atoms with E-state index in [1.807, 2.05) is 0 Å². The Hall–Kier alpha value is -0.570. The number of nitrogens with one attached hydrogen (secondary N) is 1. The van der Waals surface area contributed by atoms with Gasteiger partial charge in [0.15, 0.2) is 0 Å². The first-order valence-electron chi connectivity index (χ1n) is 6.61. The van der Waals surface area contributed by atoms with Crippen LogP contribution in [0.4, 0.5) is 0 Å². The van der Waals surface area contributed by atoms with Crippen LogP contribution in [0.25, 0.3) is 0 Å². The second kappa shape index (κ2) is 4.74. The molecule has 0 spiro atoms. The van der Waals surface area contributed by atoms with E-state index in [-0.39, 0.29) is 0 Å². The fourth-order valence-corrected chi connectivity index (χ4v) is 2.55. The van der Waals surface area contributed by atoms with E-state index >= 15 is 0 Å². The molecule has 0 aromatic heterocycles. The van der Waals surface area contributed by atoms with Crippen LogP contribution >= 0.6 is 0 Å².